The number of pyridine rings is 1. The Hall–Kier alpha value is -6.11. The van der Waals surface area contributed by atoms with Crippen LogP contribution in [0.25, 0.3) is 43.8 Å². The molecule has 1 spiro atoms. The van der Waals surface area contributed by atoms with Gasteiger partial charge < -0.3 is 24.4 Å². The van der Waals surface area contributed by atoms with Gasteiger partial charge in [0, 0.05) is 81.2 Å². The molecule has 2 N–H and O–H groups in total. The predicted octanol–water partition coefficient (Wildman–Crippen LogP) is 7.74. The second-order valence-electron chi connectivity index (χ2n) is 20.7. The number of aryl methyl sites for hydroxylation is 2. The summed E-state index contributed by atoms with van der Waals surface area (Å²) in [6, 6.07) is 9.26. The lowest BCUT2D eigenvalue weighted by Crippen LogP contribution is -2.56. The van der Waals surface area contributed by atoms with Crippen molar-refractivity contribution in [3.8, 4) is 23.0 Å². The van der Waals surface area contributed by atoms with Crippen LogP contribution in [0.15, 0.2) is 42.6 Å². The van der Waals surface area contributed by atoms with Gasteiger partial charge in [-0.15, -0.1) is 0 Å². The average Bonchev–Trinajstić information content (AvgIpc) is 3.83. The summed E-state index contributed by atoms with van der Waals surface area (Å²) in [6.07, 6.45) is 9.60. The number of nitrogens with one attached hydrogen (secondary N) is 1. The number of phenols is 1. The molecule has 1 saturated carbocycles. The summed E-state index contributed by atoms with van der Waals surface area (Å²) in [7, 11) is 1.79. The summed E-state index contributed by atoms with van der Waals surface area (Å²) in [6.45, 7) is 8.95. The number of piperidine rings is 2. The number of anilines is 2. The molecule has 12 rings (SSSR count). The number of aromatic nitrogens is 5. The van der Waals surface area contributed by atoms with Gasteiger partial charge in [0.2, 0.25) is 5.91 Å². The van der Waals surface area contributed by atoms with E-state index in [-0.39, 0.29) is 70.2 Å². The molecule has 70 heavy (non-hydrogen) atoms. The number of fused-ring (bicyclic) bond motifs is 3. The van der Waals surface area contributed by atoms with E-state index in [1.54, 1.807) is 30.1 Å². The molecular weight excluding hydrogens is 902 g/mol. The van der Waals surface area contributed by atoms with Gasteiger partial charge in [0.25, 0.3) is 0 Å². The Bertz CT molecular complexity index is 3100. The molecular formula is C52H57F3N10O5. The highest BCUT2D eigenvalue weighted by molar-refractivity contribution is 6.09. The first-order valence-electron chi connectivity index (χ1n) is 24.9. The molecule has 0 radical (unpaired) electrons. The van der Waals surface area contributed by atoms with Gasteiger partial charge in [-0.05, 0) is 129 Å². The number of ether oxygens (including phenoxy) is 2. The van der Waals surface area contributed by atoms with Crippen molar-refractivity contribution in [2.75, 3.05) is 75.4 Å². The zero-order chi connectivity index (χ0) is 48.1. The number of urea groups is 1. The molecule has 6 fully saturated rings. The molecule has 3 aromatic heterocycles. The number of imide groups is 1. The Morgan fingerprint density at radius 3 is 2.51 bits per heavy atom. The monoisotopic (exact) mass is 958 g/mol. The summed E-state index contributed by atoms with van der Waals surface area (Å²) < 4.78 is 62.7. The maximum atomic E-state index is 17.3. The van der Waals surface area contributed by atoms with E-state index in [0.29, 0.717) is 83.1 Å². The lowest BCUT2D eigenvalue weighted by Gasteiger charge is -2.48. The number of carbonyl (C=O) groups excluding carboxylic acids is 2. The van der Waals surface area contributed by atoms with Crippen molar-refractivity contribution < 1.29 is 37.3 Å². The maximum Gasteiger partial charge on any atom is 0.329 e. The van der Waals surface area contributed by atoms with Gasteiger partial charge in [0.1, 0.15) is 34.4 Å². The number of amides is 3. The van der Waals surface area contributed by atoms with Crippen molar-refractivity contribution in [1.29, 1.82) is 0 Å². The second kappa shape index (κ2) is 17.3. The van der Waals surface area contributed by atoms with Crippen LogP contribution in [0, 0.1) is 22.9 Å². The number of rotatable bonds is 11. The first-order valence-corrected chi connectivity index (χ1v) is 24.9. The van der Waals surface area contributed by atoms with Crippen LogP contribution in [0.3, 0.4) is 0 Å². The molecule has 5 saturated heterocycles. The number of hydrogen-bond acceptors (Lipinski definition) is 12. The van der Waals surface area contributed by atoms with E-state index in [1.165, 1.54) is 23.1 Å². The van der Waals surface area contributed by atoms with Gasteiger partial charge in [-0.3, -0.25) is 29.6 Å². The van der Waals surface area contributed by atoms with Crippen molar-refractivity contribution in [3.63, 3.8) is 0 Å². The molecule has 1 aliphatic carbocycles. The van der Waals surface area contributed by atoms with E-state index in [9.17, 15) is 14.7 Å². The van der Waals surface area contributed by atoms with Crippen molar-refractivity contribution in [3.05, 3.63) is 71.2 Å². The largest absolute Gasteiger partial charge is 0.508 e. The highest BCUT2D eigenvalue weighted by atomic mass is 19.1. The summed E-state index contributed by atoms with van der Waals surface area (Å²) in [5.41, 5.74) is 1.80. The quantitative estimate of drug-likeness (QED) is 0.131. The van der Waals surface area contributed by atoms with Gasteiger partial charge >= 0.3 is 12.0 Å². The molecule has 5 aliphatic heterocycles. The number of aromatic hydroxyl groups is 1. The van der Waals surface area contributed by atoms with Gasteiger partial charge in [0.05, 0.1) is 29.7 Å². The van der Waals surface area contributed by atoms with E-state index in [0.717, 1.165) is 89.6 Å². The Morgan fingerprint density at radius 2 is 1.76 bits per heavy atom. The van der Waals surface area contributed by atoms with E-state index >= 15 is 13.2 Å². The van der Waals surface area contributed by atoms with Crippen LogP contribution in [-0.2, 0) is 23.0 Å². The first-order chi connectivity index (χ1) is 33.9. The van der Waals surface area contributed by atoms with Crippen LogP contribution in [0.4, 0.5) is 29.6 Å². The minimum Gasteiger partial charge on any atom is -0.508 e. The molecule has 3 amide bonds. The molecule has 15 nitrogen and oxygen atoms in total. The first kappa shape index (κ1) is 45.1. The average molecular weight is 959 g/mol. The topological polar surface area (TPSA) is 154 Å². The Morgan fingerprint density at radius 1 is 0.929 bits per heavy atom. The minimum absolute atomic E-state index is 0.0350. The number of hydrogen-bond donors (Lipinski definition) is 2. The molecule has 0 bridgehead atoms. The van der Waals surface area contributed by atoms with Gasteiger partial charge in [-0.25, -0.2) is 18.0 Å². The number of carbonyl (C=O) groups is 2. The third kappa shape index (κ3) is 7.95. The zero-order valence-electron chi connectivity index (χ0n) is 39.6. The Kier molecular flexibility index (Phi) is 11.2. The molecule has 1 unspecified atom stereocenters. The lowest BCUT2D eigenvalue weighted by atomic mass is 9.86. The van der Waals surface area contributed by atoms with Crippen LogP contribution < -0.4 is 19.9 Å². The summed E-state index contributed by atoms with van der Waals surface area (Å²) in [4.78, 5) is 47.3. The van der Waals surface area contributed by atoms with E-state index in [4.69, 9.17) is 19.4 Å². The second-order valence-corrected chi connectivity index (χ2v) is 20.7. The fourth-order valence-electron chi connectivity index (χ4n) is 12.1. The van der Waals surface area contributed by atoms with Crippen molar-refractivity contribution in [2.24, 2.45) is 12.5 Å². The Balaban J connectivity index is 0.740. The summed E-state index contributed by atoms with van der Waals surface area (Å²) >= 11 is 0. The molecule has 6 aromatic rings. The van der Waals surface area contributed by atoms with E-state index in [1.807, 2.05) is 13.0 Å². The van der Waals surface area contributed by atoms with E-state index < -0.39 is 17.7 Å². The molecule has 2 atom stereocenters. The third-order valence-corrected chi connectivity index (χ3v) is 16.2. The standard InChI is InChI=1S/C52H57F3N10O5/c1-3-34-39(53)6-5-31-21-33(66)22-37(43(31)34)45-44(55)46-38(25-56-45)47(64-15-4-11-52(28-64)14-20-70-52)59-49(58-46)69-29-51(12-13-51)27-62-16-9-32(26-62)63-17-7-30(8-18-63)35-24-41-36(23-40(35)54)48(60-61(41)2)65-19-10-42(67)57-50(65)68/h5-6,21-25,30,32,66H,3-4,7-20,26-29H2,1-2H3,(H,57,67,68)/t32?,52-/m0/s1. The number of nitrogens with zero attached hydrogens (tertiary/aromatic N) is 9. The van der Waals surface area contributed by atoms with Crippen molar-refractivity contribution in [2.45, 2.75) is 88.7 Å². The number of halogens is 3. The van der Waals surface area contributed by atoms with Crippen LogP contribution in [0.5, 0.6) is 11.8 Å². The summed E-state index contributed by atoms with van der Waals surface area (Å²) in [5, 5.41) is 19.7. The summed E-state index contributed by atoms with van der Waals surface area (Å²) in [5.74, 6) is -0.862. The van der Waals surface area contributed by atoms with Gasteiger partial charge in [-0.1, -0.05) is 13.0 Å². The van der Waals surface area contributed by atoms with Gasteiger partial charge in [-0.2, -0.15) is 15.1 Å². The predicted molar refractivity (Wildman–Crippen MR) is 258 cm³/mol. The molecule has 6 aliphatic rings. The smallest absolute Gasteiger partial charge is 0.329 e. The fraction of sp³-hybridized carbons (Fsp3) is 0.500. The molecule has 8 heterocycles. The van der Waals surface area contributed by atoms with Crippen molar-refractivity contribution >= 4 is 56.2 Å². The van der Waals surface area contributed by atoms with Gasteiger partial charge in [0.15, 0.2) is 11.6 Å². The number of phenolic OH excluding ortho intramolecular Hbond substituents is 1. The zero-order valence-corrected chi connectivity index (χ0v) is 39.6. The highest BCUT2D eigenvalue weighted by Gasteiger charge is 2.47. The van der Waals surface area contributed by atoms with Crippen LogP contribution in [0.1, 0.15) is 81.8 Å². The van der Waals surface area contributed by atoms with Crippen LogP contribution in [-0.4, -0.2) is 129 Å². The highest BCUT2D eigenvalue weighted by Crippen LogP contribution is 2.48. The van der Waals surface area contributed by atoms with E-state index in [2.05, 4.69) is 30.1 Å². The SMILES string of the molecule is CCc1c(F)ccc2cc(O)cc(-c3ncc4c(N5CCC[C@]6(CCO6)C5)nc(OCC5(CN6CCC(N7CCC(c8cc9c(cc8F)c(N8CCC(=O)NC8=O)nn9C)CC7)C6)CC5)nc4c3F)c12. The molecule has 18 heteroatoms. The normalized spacial score (nSPS) is 23.2. The lowest BCUT2D eigenvalue weighted by molar-refractivity contribution is -0.151. The Labute approximate surface area is 402 Å². The number of likely N-dealkylation sites (tertiary alicyclic amines) is 2. The molecule has 366 valence electrons. The molecule has 3 aromatic carbocycles. The maximum absolute atomic E-state index is 17.3. The van der Waals surface area contributed by atoms with Crippen LogP contribution in [0.2, 0.25) is 0 Å². The van der Waals surface area contributed by atoms with Crippen LogP contribution >= 0.6 is 0 Å². The third-order valence-electron chi connectivity index (χ3n) is 16.2. The van der Waals surface area contributed by atoms with Crippen molar-refractivity contribution in [1.82, 2.24) is 39.8 Å². The number of benzene rings is 3. The minimum atomic E-state index is -0.692. The fourth-order valence-corrected chi connectivity index (χ4v) is 12.1.